The lowest BCUT2D eigenvalue weighted by molar-refractivity contribution is -0.00217. The van der Waals surface area contributed by atoms with Crippen molar-refractivity contribution in [3.63, 3.8) is 0 Å². The quantitative estimate of drug-likeness (QED) is 0.636. The first-order valence-electron chi connectivity index (χ1n) is 4.33. The van der Waals surface area contributed by atoms with Crippen LogP contribution >= 0.6 is 0 Å². The average Bonchev–Trinajstić information content (AvgIpc) is 1.99. The molecule has 1 aliphatic heterocycles. The van der Waals surface area contributed by atoms with E-state index in [2.05, 4.69) is 0 Å². The van der Waals surface area contributed by atoms with E-state index < -0.39 is 0 Å². The smallest absolute Gasteiger partial charge is 0.409 e. The molecule has 0 radical (unpaired) electrons. The third-order valence-corrected chi connectivity index (χ3v) is 1.84. The summed E-state index contributed by atoms with van der Waals surface area (Å²) in [7, 11) is 0. The minimum absolute atomic E-state index is 0.297. The zero-order chi connectivity index (χ0) is 8.97. The van der Waals surface area contributed by atoms with Gasteiger partial charge in [-0.25, -0.2) is 4.79 Å². The molecular weight excluding hydrogens is 158 g/mol. The van der Waals surface area contributed by atoms with Crippen molar-refractivity contribution in [2.75, 3.05) is 19.7 Å². The Kier molecular flexibility index (Phi) is 3.34. The molecular formula is C8H15NO3. The number of ether oxygens (including phenoxy) is 1. The van der Waals surface area contributed by atoms with Gasteiger partial charge in [-0.3, -0.25) is 0 Å². The highest BCUT2D eigenvalue weighted by atomic mass is 16.6. The van der Waals surface area contributed by atoms with Crippen LogP contribution in [-0.4, -0.2) is 41.9 Å². The van der Waals surface area contributed by atoms with Gasteiger partial charge < -0.3 is 14.7 Å². The molecule has 1 amide bonds. The molecule has 0 bridgehead atoms. The zero-order valence-electron chi connectivity index (χ0n) is 7.32. The van der Waals surface area contributed by atoms with Gasteiger partial charge in [-0.15, -0.1) is 0 Å². The van der Waals surface area contributed by atoms with E-state index in [1.807, 2.05) is 6.92 Å². The minimum atomic E-state index is -0.344. The molecule has 70 valence electrons. The van der Waals surface area contributed by atoms with Crippen molar-refractivity contribution < 1.29 is 14.6 Å². The molecule has 0 aliphatic carbocycles. The average molecular weight is 173 g/mol. The Balaban J connectivity index is 2.04. The molecule has 0 spiro atoms. The Morgan fingerprint density at radius 3 is 2.83 bits per heavy atom. The van der Waals surface area contributed by atoms with E-state index in [4.69, 9.17) is 9.84 Å². The summed E-state index contributed by atoms with van der Waals surface area (Å²) in [6, 6.07) is 0. The van der Waals surface area contributed by atoms with Gasteiger partial charge >= 0.3 is 6.09 Å². The fraction of sp³-hybridized carbons (Fsp3) is 0.875. The normalized spacial score (nSPS) is 17.3. The lowest BCUT2D eigenvalue weighted by Crippen LogP contribution is -2.53. The van der Waals surface area contributed by atoms with Crippen LogP contribution in [0.5, 0.6) is 0 Å². The van der Waals surface area contributed by atoms with Gasteiger partial charge in [0.15, 0.2) is 0 Å². The highest BCUT2D eigenvalue weighted by Crippen LogP contribution is 2.08. The first-order valence-corrected chi connectivity index (χ1v) is 4.33. The number of amides is 1. The van der Waals surface area contributed by atoms with Crippen LogP contribution in [-0.2, 0) is 4.74 Å². The van der Waals surface area contributed by atoms with Crippen molar-refractivity contribution in [3.05, 3.63) is 0 Å². The van der Waals surface area contributed by atoms with Crippen molar-refractivity contribution in [2.45, 2.75) is 25.9 Å². The van der Waals surface area contributed by atoms with Gasteiger partial charge in [0.05, 0.1) is 25.8 Å². The van der Waals surface area contributed by atoms with E-state index >= 15 is 0 Å². The molecule has 1 N–H and O–H groups in total. The van der Waals surface area contributed by atoms with Crippen LogP contribution in [0.25, 0.3) is 0 Å². The van der Waals surface area contributed by atoms with E-state index in [1.165, 1.54) is 4.90 Å². The first-order chi connectivity index (χ1) is 5.74. The van der Waals surface area contributed by atoms with Gasteiger partial charge in [0.2, 0.25) is 0 Å². The van der Waals surface area contributed by atoms with Gasteiger partial charge in [-0.1, -0.05) is 13.3 Å². The summed E-state index contributed by atoms with van der Waals surface area (Å²) in [4.78, 5) is 12.5. The molecule has 1 fully saturated rings. The molecule has 1 aliphatic rings. The molecule has 0 saturated carbocycles. The molecule has 12 heavy (non-hydrogen) atoms. The van der Waals surface area contributed by atoms with Crippen molar-refractivity contribution in [1.29, 1.82) is 0 Å². The molecule has 4 heteroatoms. The van der Waals surface area contributed by atoms with Gasteiger partial charge in [0.25, 0.3) is 0 Å². The van der Waals surface area contributed by atoms with Crippen molar-refractivity contribution in [3.8, 4) is 0 Å². The van der Waals surface area contributed by atoms with Gasteiger partial charge in [0.1, 0.15) is 0 Å². The largest absolute Gasteiger partial charge is 0.449 e. The van der Waals surface area contributed by atoms with Crippen LogP contribution in [0.3, 0.4) is 0 Å². The number of carbonyl (C=O) groups is 1. The number of likely N-dealkylation sites (tertiary alicyclic amines) is 1. The van der Waals surface area contributed by atoms with Crippen molar-refractivity contribution in [2.24, 2.45) is 0 Å². The third kappa shape index (κ3) is 2.37. The Hall–Kier alpha value is -0.770. The SMILES string of the molecule is CCCCOC(=O)N1CC(O)C1. The molecule has 1 heterocycles. The number of hydrogen-bond acceptors (Lipinski definition) is 3. The fourth-order valence-corrected chi connectivity index (χ4v) is 0.999. The topological polar surface area (TPSA) is 49.8 Å². The Labute approximate surface area is 72.1 Å². The number of hydrogen-bond donors (Lipinski definition) is 1. The maximum Gasteiger partial charge on any atom is 0.409 e. The molecule has 0 aromatic rings. The van der Waals surface area contributed by atoms with Crippen LogP contribution in [0.2, 0.25) is 0 Å². The Bertz CT molecular complexity index is 154. The molecule has 0 aromatic carbocycles. The Morgan fingerprint density at radius 2 is 2.33 bits per heavy atom. The van der Waals surface area contributed by atoms with Crippen LogP contribution in [0, 0.1) is 0 Å². The summed E-state index contributed by atoms with van der Waals surface area (Å²) >= 11 is 0. The molecule has 1 rings (SSSR count). The lowest BCUT2D eigenvalue weighted by atomic mass is 10.2. The Morgan fingerprint density at radius 1 is 1.67 bits per heavy atom. The van der Waals surface area contributed by atoms with Crippen LogP contribution in [0.15, 0.2) is 0 Å². The molecule has 0 unspecified atom stereocenters. The lowest BCUT2D eigenvalue weighted by Gasteiger charge is -2.34. The zero-order valence-corrected chi connectivity index (χ0v) is 7.32. The summed E-state index contributed by atoms with van der Waals surface area (Å²) in [5.74, 6) is 0. The predicted molar refractivity (Wildman–Crippen MR) is 43.8 cm³/mol. The third-order valence-electron chi connectivity index (χ3n) is 1.84. The van der Waals surface area contributed by atoms with Crippen LogP contribution in [0.1, 0.15) is 19.8 Å². The van der Waals surface area contributed by atoms with Gasteiger partial charge in [-0.2, -0.15) is 0 Å². The van der Waals surface area contributed by atoms with Gasteiger partial charge in [-0.05, 0) is 6.42 Å². The fourth-order valence-electron chi connectivity index (χ4n) is 0.999. The second-order valence-electron chi connectivity index (χ2n) is 3.03. The van der Waals surface area contributed by atoms with Gasteiger partial charge in [0, 0.05) is 0 Å². The summed E-state index contributed by atoms with van der Waals surface area (Å²) < 4.78 is 4.91. The maximum absolute atomic E-state index is 11.0. The number of aliphatic hydroxyl groups excluding tert-OH is 1. The first kappa shape index (κ1) is 9.32. The van der Waals surface area contributed by atoms with E-state index in [0.717, 1.165) is 12.8 Å². The number of unbranched alkanes of at least 4 members (excludes halogenated alkanes) is 1. The van der Waals surface area contributed by atoms with Crippen LogP contribution in [0.4, 0.5) is 4.79 Å². The van der Waals surface area contributed by atoms with E-state index in [9.17, 15) is 4.79 Å². The summed E-state index contributed by atoms with van der Waals surface area (Å²) in [5, 5.41) is 8.89. The minimum Gasteiger partial charge on any atom is -0.449 e. The molecule has 0 aromatic heterocycles. The number of nitrogens with zero attached hydrogens (tertiary/aromatic N) is 1. The summed E-state index contributed by atoms with van der Waals surface area (Å²) in [6.07, 6.45) is 1.29. The van der Waals surface area contributed by atoms with E-state index in [0.29, 0.717) is 19.7 Å². The number of aliphatic hydroxyl groups is 1. The molecule has 0 atom stereocenters. The maximum atomic E-state index is 11.0. The van der Waals surface area contributed by atoms with E-state index in [-0.39, 0.29) is 12.2 Å². The standard InChI is InChI=1S/C8H15NO3/c1-2-3-4-12-8(11)9-5-7(10)6-9/h7,10H,2-6H2,1H3. The van der Waals surface area contributed by atoms with Crippen molar-refractivity contribution in [1.82, 2.24) is 4.90 Å². The highest BCUT2D eigenvalue weighted by molar-refractivity contribution is 5.68. The van der Waals surface area contributed by atoms with Crippen molar-refractivity contribution >= 4 is 6.09 Å². The number of β-amino-alcohol motifs (C(OH)–C–C–N with tert-alkyl or cyclic N) is 1. The monoisotopic (exact) mass is 173 g/mol. The van der Waals surface area contributed by atoms with Crippen LogP contribution < -0.4 is 0 Å². The summed E-state index contributed by atoms with van der Waals surface area (Å²) in [6.45, 7) is 3.37. The predicted octanol–water partition coefficient (Wildman–Crippen LogP) is 0.600. The summed E-state index contributed by atoms with van der Waals surface area (Å²) in [5.41, 5.74) is 0. The second kappa shape index (κ2) is 4.30. The number of rotatable bonds is 3. The molecule has 4 nitrogen and oxygen atoms in total. The number of carbonyl (C=O) groups excluding carboxylic acids is 1. The second-order valence-corrected chi connectivity index (χ2v) is 3.03. The highest BCUT2D eigenvalue weighted by Gasteiger charge is 2.29. The van der Waals surface area contributed by atoms with E-state index in [1.54, 1.807) is 0 Å². The molecule has 1 saturated heterocycles.